The summed E-state index contributed by atoms with van der Waals surface area (Å²) in [6.07, 6.45) is 0. The molecule has 0 fully saturated rings. The van der Waals surface area contributed by atoms with Crippen molar-refractivity contribution in [3.8, 4) is 0 Å². The number of hydrogen-bond acceptors (Lipinski definition) is 0. The zero-order valence-electron chi connectivity index (χ0n) is 9.25. The van der Waals surface area contributed by atoms with Gasteiger partial charge in [-0.1, -0.05) is 7.96 Å². The van der Waals surface area contributed by atoms with Gasteiger partial charge in [-0.15, -0.1) is 71.4 Å². The molecule has 16 heteroatoms. The molecular weight excluding hydrogens is 496 g/mol. The fraction of sp³-hybridized carbons (Fsp3) is 0. The van der Waals surface area contributed by atoms with Gasteiger partial charge < -0.3 is 0 Å². The highest BCUT2D eigenvalue weighted by molar-refractivity contribution is 9.23. The summed E-state index contributed by atoms with van der Waals surface area (Å²) in [7, 11) is 24.3. The third kappa shape index (κ3) is 9.89. The maximum absolute atomic E-state index is 8.80. The van der Waals surface area contributed by atoms with Crippen LogP contribution in [0.3, 0.4) is 0 Å². The van der Waals surface area contributed by atoms with E-state index in [1.165, 1.54) is 0 Å². The molecule has 0 bridgehead atoms. The lowest BCUT2D eigenvalue weighted by atomic mass is 28.7. The van der Waals surface area contributed by atoms with Crippen molar-refractivity contribution in [2.75, 3.05) is 0 Å². The lowest BCUT2D eigenvalue weighted by Gasteiger charge is -2.33. The summed E-state index contributed by atoms with van der Waals surface area (Å²) in [6.45, 7) is -0.505. The third-order valence-corrected chi connectivity index (χ3v) is 89.5. The van der Waals surface area contributed by atoms with Crippen LogP contribution in [0.25, 0.3) is 0 Å². The van der Waals surface area contributed by atoms with Gasteiger partial charge in [-0.05, 0) is 49.8 Å². The molecule has 12 unspecified atom stereocenters. The Labute approximate surface area is 130 Å². The Bertz CT molecular complexity index is 188. The van der Waals surface area contributed by atoms with E-state index in [0.717, 1.165) is 7.96 Å². The molecule has 0 aliphatic heterocycles. The van der Waals surface area contributed by atoms with Crippen LogP contribution in [0.5, 0.6) is 0 Å². The first-order chi connectivity index (χ1) is 7.73. The lowest BCUT2D eigenvalue weighted by molar-refractivity contribution is 4.62. The van der Waals surface area contributed by atoms with Crippen molar-refractivity contribution in [1.82, 2.24) is 0 Å². The smallest absolute Gasteiger partial charge is 0.0690 e. The molecule has 0 amide bonds. The van der Waals surface area contributed by atoms with E-state index >= 15 is 0 Å². The van der Waals surface area contributed by atoms with Crippen molar-refractivity contribution in [2.24, 2.45) is 0 Å². The quantitative estimate of drug-likeness (QED) is 0.297. The molecule has 0 saturated heterocycles. The van der Waals surface area contributed by atoms with Gasteiger partial charge in [0.05, 0.1) is 1.28 Å². The highest BCUT2D eigenvalue weighted by atomic mass is 33.3. The minimum Gasteiger partial charge on any atom is -0.109 e. The molecule has 0 rings (SSSR count). The van der Waals surface area contributed by atoms with Gasteiger partial charge in [0.25, 0.3) is 0 Å². The predicted molar refractivity (Wildman–Crippen MR) is 136 cm³/mol. The summed E-state index contributed by atoms with van der Waals surface area (Å²) in [6, 6.07) is 0. The highest BCUT2D eigenvalue weighted by Gasteiger charge is 2.27. The van der Waals surface area contributed by atoms with Crippen LogP contribution in [0.4, 0.5) is 0 Å². The SMILES string of the molecule is [2H]P(P(P(P)P)P(P)P)P(P(P)P)P(P)PP. The number of hydrogen-bond donors (Lipinski definition) is 0. The van der Waals surface area contributed by atoms with Gasteiger partial charge in [-0.2, -0.15) is 0 Å². The van der Waals surface area contributed by atoms with Gasteiger partial charge in [0.2, 0.25) is 0 Å². The van der Waals surface area contributed by atoms with Crippen molar-refractivity contribution in [2.45, 2.75) is 0 Å². The first kappa shape index (κ1) is 20.9. The molecule has 0 spiro atoms. The molecule has 0 nitrogen and oxygen atoms in total. The average molecular weight is 515 g/mol. The van der Waals surface area contributed by atoms with Crippen LogP contribution in [0.2, 0.25) is 0 Å². The third-order valence-electron chi connectivity index (χ3n) is 1.10. The standard InChI is InChI=1S/H18P16/c1-9-14(8)16(13(6)7)10-15(11(2)3)12(4)5/h9-10H,1-8H2/i10D. The van der Waals surface area contributed by atoms with Gasteiger partial charge in [0, 0.05) is 0 Å². The summed E-state index contributed by atoms with van der Waals surface area (Å²) in [4.78, 5) is 0. The molecule has 0 N–H and O–H groups in total. The Kier molecular flexibility index (Phi) is 17.3. The average Bonchev–Trinajstić information content (AvgIpc) is 2.15. The maximum Gasteiger partial charge on any atom is 0.0690 e. The Morgan fingerprint density at radius 3 is 1.38 bits per heavy atom. The van der Waals surface area contributed by atoms with Gasteiger partial charge in [-0.3, -0.25) is 0 Å². The monoisotopic (exact) mass is 515 g/mol. The topological polar surface area (TPSA) is 0 Å². The van der Waals surface area contributed by atoms with Crippen molar-refractivity contribution in [3.63, 3.8) is 0 Å². The minimum atomic E-state index is -0.528. The molecule has 0 saturated carbocycles. The van der Waals surface area contributed by atoms with E-state index in [4.69, 9.17) is 1.28 Å². The molecule has 0 heterocycles. The van der Waals surface area contributed by atoms with Gasteiger partial charge in [-0.25, -0.2) is 0 Å². The van der Waals surface area contributed by atoms with E-state index in [2.05, 4.69) is 71.4 Å². The second kappa shape index (κ2) is 13.2. The molecular formula is H18P16. The zero-order valence-corrected chi connectivity index (χ0v) is 24.7. The normalized spacial score (nSPS) is 20.1. The van der Waals surface area contributed by atoms with E-state index in [1.54, 1.807) is 0 Å². The van der Waals surface area contributed by atoms with E-state index in [0.29, 0.717) is 0 Å². The second-order valence-electron chi connectivity index (χ2n) is 2.24. The molecule has 0 aromatic carbocycles. The molecule has 16 heavy (non-hydrogen) atoms. The summed E-state index contributed by atoms with van der Waals surface area (Å²) >= 11 is 0. The summed E-state index contributed by atoms with van der Waals surface area (Å²) < 4.78 is 8.80. The van der Waals surface area contributed by atoms with Crippen LogP contribution < -0.4 is 0 Å². The van der Waals surface area contributed by atoms with Gasteiger partial charge in [0.1, 0.15) is 0 Å². The van der Waals surface area contributed by atoms with Crippen LogP contribution in [0, 0.1) is 0 Å². The maximum atomic E-state index is 8.80. The van der Waals surface area contributed by atoms with Crippen molar-refractivity contribution < 1.29 is 0 Å². The molecule has 12 atom stereocenters. The van der Waals surface area contributed by atoms with E-state index in [9.17, 15) is 0 Å². The van der Waals surface area contributed by atoms with E-state index < -0.39 is 7.90 Å². The summed E-state index contributed by atoms with van der Waals surface area (Å²) in [5, 5.41) is 0. The predicted octanol–water partition coefficient (Wildman–Crippen LogP) is 8.96. The van der Waals surface area contributed by atoms with E-state index in [1.807, 2.05) is 0 Å². The Morgan fingerprint density at radius 1 is 0.750 bits per heavy atom. The van der Waals surface area contributed by atoms with Crippen LogP contribution in [0.15, 0.2) is 0 Å². The summed E-state index contributed by atoms with van der Waals surface area (Å²) in [5.74, 6) is 0. The fourth-order valence-electron chi connectivity index (χ4n) is 0.535. The molecule has 0 aliphatic carbocycles. The molecule has 0 aromatic heterocycles. The molecule has 98 valence electrons. The van der Waals surface area contributed by atoms with Crippen molar-refractivity contribution in [1.29, 1.82) is 1.28 Å². The van der Waals surface area contributed by atoms with Crippen molar-refractivity contribution in [3.05, 3.63) is 0 Å². The van der Waals surface area contributed by atoms with Crippen LogP contribution in [0.1, 0.15) is 0 Å². The first-order valence-electron chi connectivity index (χ1n) is 3.97. The highest BCUT2D eigenvalue weighted by Crippen LogP contribution is 3.17. The van der Waals surface area contributed by atoms with Crippen LogP contribution in [-0.4, -0.2) is 1.28 Å². The minimum absolute atomic E-state index is 0.00206. The zero-order chi connectivity index (χ0) is 13.7. The van der Waals surface area contributed by atoms with Crippen molar-refractivity contribution >= 4 is 129 Å². The Morgan fingerprint density at radius 2 is 1.12 bits per heavy atom. The molecule has 0 aliphatic rings. The van der Waals surface area contributed by atoms with Crippen LogP contribution in [-0.2, 0) is 0 Å². The lowest BCUT2D eigenvalue weighted by Crippen LogP contribution is -1.44. The largest absolute Gasteiger partial charge is 0.109 e. The van der Waals surface area contributed by atoms with E-state index in [-0.39, 0.29) is 41.9 Å². The molecule has 0 radical (unpaired) electrons. The fourth-order valence-corrected chi connectivity index (χ4v) is 130. The van der Waals surface area contributed by atoms with Gasteiger partial charge >= 0.3 is 0 Å². The second-order valence-corrected chi connectivity index (χ2v) is 60.5. The molecule has 0 aromatic rings. The van der Waals surface area contributed by atoms with Crippen LogP contribution >= 0.6 is 129 Å². The Hall–Kier alpha value is 6.88. The first-order valence-corrected chi connectivity index (χ1v) is 31.7. The van der Waals surface area contributed by atoms with Gasteiger partial charge in [0.15, 0.2) is 0 Å². The summed E-state index contributed by atoms with van der Waals surface area (Å²) in [5.41, 5.74) is 0. The Balaban J connectivity index is 4.97. The number of rotatable bonds is 7.